The van der Waals surface area contributed by atoms with Gasteiger partial charge in [-0.2, -0.15) is 0 Å². The number of nitrogens with zero attached hydrogens (tertiary/aromatic N) is 2. The van der Waals surface area contributed by atoms with Crippen molar-refractivity contribution in [3.8, 4) is 0 Å². The summed E-state index contributed by atoms with van der Waals surface area (Å²) in [5.41, 5.74) is 1.88. The average molecular weight is 284 g/mol. The van der Waals surface area contributed by atoms with E-state index in [1.54, 1.807) is 0 Å². The summed E-state index contributed by atoms with van der Waals surface area (Å²) in [6.45, 7) is 13.6. The summed E-state index contributed by atoms with van der Waals surface area (Å²) in [6.07, 6.45) is 0. The monoisotopic (exact) mass is 283 g/mol. The Balaban J connectivity index is 2.59. The lowest BCUT2D eigenvalue weighted by Crippen LogP contribution is -2.14. The summed E-state index contributed by atoms with van der Waals surface area (Å²) in [5.74, 6) is 1.78. The van der Waals surface area contributed by atoms with Crippen LogP contribution in [0.25, 0.3) is 0 Å². The molecule has 106 valence electrons. The highest BCUT2D eigenvalue weighted by Gasteiger charge is 2.11. The molecule has 1 aromatic rings. The Kier molecular flexibility index (Phi) is 6.25. The number of nitrogens with one attached hydrogen (secondary N) is 1. The molecule has 0 unspecified atom stereocenters. The predicted molar refractivity (Wildman–Crippen MR) is 80.0 cm³/mol. The van der Waals surface area contributed by atoms with E-state index in [9.17, 15) is 0 Å². The Morgan fingerprint density at radius 1 is 1.42 bits per heavy atom. The zero-order valence-electron chi connectivity index (χ0n) is 12.1. The molecule has 0 amide bonds. The Morgan fingerprint density at radius 3 is 2.68 bits per heavy atom. The quantitative estimate of drug-likeness (QED) is 0.472. The summed E-state index contributed by atoms with van der Waals surface area (Å²) < 4.78 is 5.43. The fraction of sp³-hybridized carbons (Fsp3) is 0.571. The molecule has 0 aliphatic heterocycles. The lowest BCUT2D eigenvalue weighted by Gasteiger charge is -2.13. The molecule has 0 bridgehead atoms. The molecule has 0 aliphatic rings. The topological polar surface area (TPSA) is 47.0 Å². The van der Waals surface area contributed by atoms with E-state index in [4.69, 9.17) is 16.3 Å². The normalized spacial score (nSPS) is 10.8. The lowest BCUT2D eigenvalue weighted by molar-refractivity contribution is 0.167. The number of rotatable bonds is 7. The van der Waals surface area contributed by atoms with Crippen molar-refractivity contribution in [1.82, 2.24) is 9.97 Å². The summed E-state index contributed by atoms with van der Waals surface area (Å²) >= 11 is 6.11. The van der Waals surface area contributed by atoms with Gasteiger partial charge in [0.2, 0.25) is 0 Å². The highest BCUT2D eigenvalue weighted by molar-refractivity contribution is 6.30. The largest absolute Gasteiger partial charge is 0.375 e. The van der Waals surface area contributed by atoms with Gasteiger partial charge in [-0.1, -0.05) is 37.6 Å². The molecule has 1 N–H and O–H groups in total. The Hall–Kier alpha value is -1.13. The Bertz CT molecular complexity index is 447. The van der Waals surface area contributed by atoms with Crippen LogP contribution in [0, 0.1) is 6.92 Å². The van der Waals surface area contributed by atoms with Crippen LogP contribution in [0.3, 0.4) is 0 Å². The summed E-state index contributed by atoms with van der Waals surface area (Å²) in [7, 11) is 0. The summed E-state index contributed by atoms with van der Waals surface area (Å²) in [5, 5.41) is 3.74. The van der Waals surface area contributed by atoms with E-state index in [2.05, 4.69) is 21.9 Å². The summed E-state index contributed by atoms with van der Waals surface area (Å²) in [4.78, 5) is 8.76. The van der Waals surface area contributed by atoms with E-state index in [1.165, 1.54) is 0 Å². The highest BCUT2D eigenvalue weighted by Crippen LogP contribution is 2.22. The van der Waals surface area contributed by atoms with Crippen molar-refractivity contribution >= 4 is 17.4 Å². The van der Waals surface area contributed by atoms with Gasteiger partial charge in [-0.05, 0) is 13.8 Å². The first-order valence-electron chi connectivity index (χ1n) is 6.41. The second-order valence-electron chi connectivity index (χ2n) is 4.94. The van der Waals surface area contributed by atoms with Crippen LogP contribution in [-0.4, -0.2) is 29.7 Å². The molecule has 19 heavy (non-hydrogen) atoms. The zero-order valence-corrected chi connectivity index (χ0v) is 12.8. The maximum atomic E-state index is 6.11. The van der Waals surface area contributed by atoms with Gasteiger partial charge in [-0.15, -0.1) is 0 Å². The van der Waals surface area contributed by atoms with E-state index in [0.29, 0.717) is 24.9 Å². The van der Waals surface area contributed by atoms with Gasteiger partial charge < -0.3 is 10.1 Å². The third kappa shape index (κ3) is 5.17. The lowest BCUT2D eigenvalue weighted by atomic mass is 10.2. The van der Waals surface area contributed by atoms with Gasteiger partial charge in [0.25, 0.3) is 0 Å². The highest BCUT2D eigenvalue weighted by atomic mass is 35.5. The summed E-state index contributed by atoms with van der Waals surface area (Å²) in [6, 6.07) is 0. The second kappa shape index (κ2) is 7.46. The number of hydrogen-bond donors (Lipinski definition) is 1. The van der Waals surface area contributed by atoms with Crippen molar-refractivity contribution in [1.29, 1.82) is 0 Å². The van der Waals surface area contributed by atoms with Crippen LogP contribution >= 0.6 is 11.6 Å². The molecule has 4 nitrogen and oxygen atoms in total. The molecule has 0 saturated carbocycles. The number of aromatic nitrogens is 2. The first-order valence-corrected chi connectivity index (χ1v) is 6.79. The molecule has 0 fully saturated rings. The van der Waals surface area contributed by atoms with E-state index in [0.717, 1.165) is 22.8 Å². The first-order chi connectivity index (χ1) is 8.91. The van der Waals surface area contributed by atoms with Crippen LogP contribution in [0.4, 0.5) is 5.82 Å². The van der Waals surface area contributed by atoms with Gasteiger partial charge >= 0.3 is 0 Å². The minimum atomic E-state index is 0.248. The Labute approximate surface area is 120 Å². The molecule has 5 heteroatoms. The fourth-order valence-corrected chi connectivity index (χ4v) is 1.60. The minimum absolute atomic E-state index is 0.248. The van der Waals surface area contributed by atoms with Crippen LogP contribution in [0.5, 0.6) is 0 Å². The minimum Gasteiger partial charge on any atom is -0.375 e. The molecular formula is C14H22ClN3O. The number of anilines is 1. The van der Waals surface area contributed by atoms with Crippen molar-refractivity contribution in [2.75, 3.05) is 25.1 Å². The van der Waals surface area contributed by atoms with Gasteiger partial charge in [0.15, 0.2) is 0 Å². The third-order valence-corrected chi connectivity index (χ3v) is 2.88. The standard InChI is InChI=1S/C14H22ClN3O/c1-9(2)8-19-7-6-16-14-11(5)12(15)17-13(18-14)10(3)4/h10H,1,6-8H2,2-5H3,(H,16,17,18). The van der Waals surface area contributed by atoms with Crippen LogP contribution in [0.2, 0.25) is 5.15 Å². The van der Waals surface area contributed by atoms with Crippen molar-refractivity contribution in [2.24, 2.45) is 0 Å². The maximum Gasteiger partial charge on any atom is 0.137 e. The molecule has 1 rings (SSSR count). The van der Waals surface area contributed by atoms with Crippen molar-refractivity contribution in [3.05, 3.63) is 28.7 Å². The van der Waals surface area contributed by atoms with Crippen molar-refractivity contribution < 1.29 is 4.74 Å². The van der Waals surface area contributed by atoms with Crippen LogP contribution in [-0.2, 0) is 4.74 Å². The predicted octanol–water partition coefficient (Wildman–Crippen LogP) is 3.57. The van der Waals surface area contributed by atoms with Crippen LogP contribution < -0.4 is 5.32 Å². The molecule has 0 radical (unpaired) electrons. The molecule has 0 atom stereocenters. The molecule has 0 saturated heterocycles. The maximum absolute atomic E-state index is 6.11. The molecule has 1 heterocycles. The van der Waals surface area contributed by atoms with E-state index in [-0.39, 0.29) is 5.92 Å². The number of halogens is 1. The van der Waals surface area contributed by atoms with Gasteiger partial charge in [-0.3, -0.25) is 0 Å². The van der Waals surface area contributed by atoms with E-state index >= 15 is 0 Å². The number of ether oxygens (including phenoxy) is 1. The SMILES string of the molecule is C=C(C)COCCNc1nc(C(C)C)nc(Cl)c1C. The van der Waals surface area contributed by atoms with Gasteiger partial charge in [0, 0.05) is 18.0 Å². The smallest absolute Gasteiger partial charge is 0.137 e. The van der Waals surface area contributed by atoms with Crippen LogP contribution in [0.1, 0.15) is 38.1 Å². The van der Waals surface area contributed by atoms with Crippen molar-refractivity contribution in [2.45, 2.75) is 33.6 Å². The van der Waals surface area contributed by atoms with E-state index < -0.39 is 0 Å². The Morgan fingerprint density at radius 2 is 2.11 bits per heavy atom. The van der Waals surface area contributed by atoms with Gasteiger partial charge in [0.1, 0.15) is 16.8 Å². The number of hydrogen-bond acceptors (Lipinski definition) is 4. The van der Waals surface area contributed by atoms with E-state index in [1.807, 2.05) is 27.7 Å². The second-order valence-corrected chi connectivity index (χ2v) is 5.30. The third-order valence-electron chi connectivity index (χ3n) is 2.51. The molecule has 0 aliphatic carbocycles. The fourth-order valence-electron chi connectivity index (χ4n) is 1.42. The molecule has 0 aromatic carbocycles. The molecule has 0 spiro atoms. The first kappa shape index (κ1) is 15.9. The zero-order chi connectivity index (χ0) is 14.4. The molecule has 1 aromatic heterocycles. The average Bonchev–Trinajstić information content (AvgIpc) is 2.33. The van der Waals surface area contributed by atoms with Gasteiger partial charge in [-0.25, -0.2) is 9.97 Å². The van der Waals surface area contributed by atoms with Gasteiger partial charge in [0.05, 0.1) is 13.2 Å². The van der Waals surface area contributed by atoms with Crippen molar-refractivity contribution in [3.63, 3.8) is 0 Å². The van der Waals surface area contributed by atoms with Crippen LogP contribution in [0.15, 0.2) is 12.2 Å². The molecular weight excluding hydrogens is 262 g/mol.